The first-order valence-electron chi connectivity index (χ1n) is 8.36. The summed E-state index contributed by atoms with van der Waals surface area (Å²) < 4.78 is 4.71. The van der Waals surface area contributed by atoms with E-state index in [1.54, 1.807) is 29.2 Å². The largest absolute Gasteiger partial charge is 0.469 e. The molecule has 1 heterocycles. The van der Waals surface area contributed by atoms with Crippen LogP contribution in [0.1, 0.15) is 42.5 Å². The van der Waals surface area contributed by atoms with Crippen LogP contribution >= 0.6 is 0 Å². The molecule has 0 spiro atoms. The first-order valence-corrected chi connectivity index (χ1v) is 8.36. The van der Waals surface area contributed by atoms with Gasteiger partial charge in [-0.15, -0.1) is 0 Å². The maximum Gasteiger partial charge on any atom is 0.308 e. The van der Waals surface area contributed by atoms with Crippen LogP contribution in [-0.4, -0.2) is 47.9 Å². The second-order valence-electron chi connectivity index (χ2n) is 6.34. The highest BCUT2D eigenvalue weighted by atomic mass is 16.5. The molecule has 1 aromatic carbocycles. The molecule has 1 aliphatic heterocycles. The summed E-state index contributed by atoms with van der Waals surface area (Å²) in [5.74, 6) is -0.959. The quantitative estimate of drug-likeness (QED) is 0.852. The number of amides is 2. The molecule has 1 saturated heterocycles. The molecule has 2 fully saturated rings. The van der Waals surface area contributed by atoms with Gasteiger partial charge >= 0.3 is 5.97 Å². The SMILES string of the molecule is COC(=O)C[C@H]1C(=O)N[C@@H]2CCCC[C@@H]2N1C(=O)c1ccccc1. The molecule has 3 rings (SSSR count). The maximum atomic E-state index is 13.1. The van der Waals surface area contributed by atoms with Gasteiger partial charge in [-0.25, -0.2) is 0 Å². The summed E-state index contributed by atoms with van der Waals surface area (Å²) in [4.78, 5) is 39.0. The smallest absolute Gasteiger partial charge is 0.308 e. The van der Waals surface area contributed by atoms with Crippen LogP contribution in [0.15, 0.2) is 30.3 Å². The summed E-state index contributed by atoms with van der Waals surface area (Å²) in [5.41, 5.74) is 0.534. The van der Waals surface area contributed by atoms with Crippen LogP contribution < -0.4 is 5.32 Å². The van der Waals surface area contributed by atoms with Gasteiger partial charge in [0.1, 0.15) is 6.04 Å². The van der Waals surface area contributed by atoms with Gasteiger partial charge in [-0.3, -0.25) is 14.4 Å². The molecular formula is C18H22N2O4. The van der Waals surface area contributed by atoms with Crippen molar-refractivity contribution in [2.24, 2.45) is 0 Å². The molecule has 24 heavy (non-hydrogen) atoms. The molecule has 1 N–H and O–H groups in total. The van der Waals surface area contributed by atoms with Gasteiger partial charge in [-0.2, -0.15) is 0 Å². The van der Waals surface area contributed by atoms with Crippen molar-refractivity contribution in [3.63, 3.8) is 0 Å². The number of fused-ring (bicyclic) bond motifs is 1. The Hall–Kier alpha value is -2.37. The summed E-state index contributed by atoms with van der Waals surface area (Å²) >= 11 is 0. The summed E-state index contributed by atoms with van der Waals surface area (Å²) in [6.45, 7) is 0. The van der Waals surface area contributed by atoms with Gasteiger partial charge in [-0.05, 0) is 25.0 Å². The molecule has 6 nitrogen and oxygen atoms in total. The lowest BCUT2D eigenvalue weighted by molar-refractivity contribution is -0.147. The van der Waals surface area contributed by atoms with E-state index in [4.69, 9.17) is 4.74 Å². The molecule has 3 atom stereocenters. The van der Waals surface area contributed by atoms with Crippen LogP contribution in [-0.2, 0) is 14.3 Å². The van der Waals surface area contributed by atoms with Gasteiger partial charge in [0, 0.05) is 11.6 Å². The van der Waals surface area contributed by atoms with Crippen molar-refractivity contribution < 1.29 is 19.1 Å². The summed E-state index contributed by atoms with van der Waals surface area (Å²) in [6, 6.07) is 7.99. The average Bonchev–Trinajstić information content (AvgIpc) is 2.62. The Morgan fingerprint density at radius 3 is 2.62 bits per heavy atom. The number of methoxy groups -OCH3 is 1. The lowest BCUT2D eigenvalue weighted by atomic mass is 9.84. The van der Waals surface area contributed by atoms with Crippen molar-refractivity contribution in [1.29, 1.82) is 0 Å². The number of nitrogens with zero attached hydrogens (tertiary/aromatic N) is 1. The van der Waals surface area contributed by atoms with Gasteiger partial charge in [0.15, 0.2) is 0 Å². The van der Waals surface area contributed by atoms with E-state index in [2.05, 4.69) is 5.32 Å². The van der Waals surface area contributed by atoms with Gasteiger partial charge in [0.25, 0.3) is 5.91 Å². The normalized spacial score (nSPS) is 26.3. The molecule has 0 bridgehead atoms. The molecule has 128 valence electrons. The molecule has 1 saturated carbocycles. The number of benzene rings is 1. The zero-order chi connectivity index (χ0) is 17.1. The summed E-state index contributed by atoms with van der Waals surface area (Å²) in [7, 11) is 1.29. The number of rotatable bonds is 3. The van der Waals surface area contributed by atoms with E-state index >= 15 is 0 Å². The van der Waals surface area contributed by atoms with Gasteiger partial charge < -0.3 is 15.0 Å². The second kappa shape index (κ2) is 7.03. The van der Waals surface area contributed by atoms with Crippen LogP contribution in [0.3, 0.4) is 0 Å². The molecule has 6 heteroatoms. The lowest BCUT2D eigenvalue weighted by Crippen LogP contribution is -2.67. The number of carbonyl (C=O) groups excluding carboxylic acids is 3. The molecule has 2 amide bonds. The second-order valence-corrected chi connectivity index (χ2v) is 6.34. The van der Waals surface area contributed by atoms with Crippen molar-refractivity contribution in [3.05, 3.63) is 35.9 Å². The Balaban J connectivity index is 1.94. The van der Waals surface area contributed by atoms with Gasteiger partial charge in [0.2, 0.25) is 5.91 Å². The fourth-order valence-electron chi connectivity index (χ4n) is 3.70. The van der Waals surface area contributed by atoms with Gasteiger partial charge in [0.05, 0.1) is 19.6 Å². The zero-order valence-electron chi connectivity index (χ0n) is 13.7. The first-order chi connectivity index (χ1) is 11.6. The van der Waals surface area contributed by atoms with Crippen molar-refractivity contribution in [1.82, 2.24) is 10.2 Å². The van der Waals surface area contributed by atoms with E-state index < -0.39 is 12.0 Å². The van der Waals surface area contributed by atoms with E-state index in [0.717, 1.165) is 25.7 Å². The van der Waals surface area contributed by atoms with E-state index in [0.29, 0.717) is 5.56 Å². The molecule has 0 radical (unpaired) electrons. The molecule has 0 unspecified atom stereocenters. The Labute approximate surface area is 141 Å². The van der Waals surface area contributed by atoms with Gasteiger partial charge in [-0.1, -0.05) is 31.0 Å². The van der Waals surface area contributed by atoms with Crippen LogP contribution in [0.2, 0.25) is 0 Å². The number of hydrogen-bond acceptors (Lipinski definition) is 4. The molecule has 1 aliphatic carbocycles. The number of esters is 1. The fraction of sp³-hybridized carbons (Fsp3) is 0.500. The monoisotopic (exact) mass is 330 g/mol. The van der Waals surface area contributed by atoms with Crippen LogP contribution in [0.25, 0.3) is 0 Å². The van der Waals surface area contributed by atoms with Crippen molar-refractivity contribution in [2.45, 2.75) is 50.2 Å². The first kappa shape index (κ1) is 16.5. The minimum Gasteiger partial charge on any atom is -0.469 e. The standard InChI is InChI=1S/C18H22N2O4/c1-24-16(21)11-15-17(22)19-13-9-5-6-10-14(13)20(15)18(23)12-7-3-2-4-8-12/h2-4,7-8,13-15H,5-6,9-11H2,1H3,(H,19,22)/t13-,14+,15+/m1/s1. The number of piperazine rings is 1. The number of ether oxygens (including phenoxy) is 1. The number of nitrogens with one attached hydrogen (secondary N) is 1. The number of hydrogen-bond donors (Lipinski definition) is 1. The Morgan fingerprint density at radius 2 is 1.92 bits per heavy atom. The Bertz CT molecular complexity index is 631. The zero-order valence-corrected chi connectivity index (χ0v) is 13.7. The number of carbonyl (C=O) groups is 3. The molecule has 1 aromatic rings. The third-order valence-electron chi connectivity index (χ3n) is 4.90. The third kappa shape index (κ3) is 3.13. The summed E-state index contributed by atoms with van der Waals surface area (Å²) in [5, 5.41) is 2.99. The van der Waals surface area contributed by atoms with E-state index in [1.165, 1.54) is 7.11 Å². The Kier molecular flexibility index (Phi) is 4.83. The average molecular weight is 330 g/mol. The minimum absolute atomic E-state index is 0.0344. The minimum atomic E-state index is -0.815. The van der Waals surface area contributed by atoms with Crippen LogP contribution in [0, 0.1) is 0 Å². The third-order valence-corrected chi connectivity index (χ3v) is 4.90. The Morgan fingerprint density at radius 1 is 1.21 bits per heavy atom. The van der Waals surface area contributed by atoms with E-state index in [-0.39, 0.29) is 30.3 Å². The highest BCUT2D eigenvalue weighted by molar-refractivity contribution is 5.99. The topological polar surface area (TPSA) is 75.7 Å². The maximum absolute atomic E-state index is 13.1. The summed E-state index contributed by atoms with van der Waals surface area (Å²) in [6.07, 6.45) is 3.63. The van der Waals surface area contributed by atoms with Crippen molar-refractivity contribution in [2.75, 3.05) is 7.11 Å². The molecular weight excluding hydrogens is 308 g/mol. The van der Waals surface area contributed by atoms with Crippen LogP contribution in [0.4, 0.5) is 0 Å². The molecule has 2 aliphatic rings. The fourth-order valence-corrected chi connectivity index (χ4v) is 3.70. The highest BCUT2D eigenvalue weighted by Crippen LogP contribution is 2.30. The van der Waals surface area contributed by atoms with E-state index in [1.807, 2.05) is 6.07 Å². The van der Waals surface area contributed by atoms with E-state index in [9.17, 15) is 14.4 Å². The molecule has 0 aromatic heterocycles. The lowest BCUT2D eigenvalue weighted by Gasteiger charge is -2.48. The predicted molar refractivity (Wildman–Crippen MR) is 87.2 cm³/mol. The van der Waals surface area contributed by atoms with Crippen LogP contribution in [0.5, 0.6) is 0 Å². The van der Waals surface area contributed by atoms with Crippen molar-refractivity contribution in [3.8, 4) is 0 Å². The highest BCUT2D eigenvalue weighted by Gasteiger charge is 2.46. The predicted octanol–water partition coefficient (Wildman–Crippen LogP) is 1.50. The van der Waals surface area contributed by atoms with Crippen molar-refractivity contribution >= 4 is 17.8 Å².